The fourth-order valence-electron chi connectivity index (χ4n) is 4.94. The molecular weight excluding hydrogens is 486 g/mol. The van der Waals surface area contributed by atoms with Gasteiger partial charge in [-0.1, -0.05) is 75.4 Å². The van der Waals surface area contributed by atoms with Crippen molar-refractivity contribution in [2.45, 2.75) is 52.6 Å². The summed E-state index contributed by atoms with van der Waals surface area (Å²) in [5.74, 6) is 1.83. The van der Waals surface area contributed by atoms with E-state index in [1.807, 2.05) is 30.0 Å². The number of nitrogens with zero attached hydrogens (tertiary/aromatic N) is 3. The van der Waals surface area contributed by atoms with E-state index in [9.17, 15) is 4.79 Å². The fraction of sp³-hybridized carbons (Fsp3) is 0.485. The highest BCUT2D eigenvalue weighted by atomic mass is 16.5. The van der Waals surface area contributed by atoms with Gasteiger partial charge in [-0.3, -0.25) is 14.6 Å². The maximum atomic E-state index is 13.8. The van der Waals surface area contributed by atoms with Crippen LogP contribution in [0.25, 0.3) is 0 Å². The summed E-state index contributed by atoms with van der Waals surface area (Å²) in [7, 11) is 0. The Hall–Kier alpha value is -2.93. The molecule has 4 rings (SSSR count). The lowest BCUT2D eigenvalue weighted by atomic mass is 9.87. The van der Waals surface area contributed by atoms with Gasteiger partial charge in [0.15, 0.2) is 0 Å². The number of rotatable bonds is 12. The summed E-state index contributed by atoms with van der Waals surface area (Å²) in [4.78, 5) is 20.5. The second-order valence-electron chi connectivity index (χ2n) is 11.7. The minimum atomic E-state index is 0.119. The third-order valence-corrected chi connectivity index (χ3v) is 7.43. The number of hydrogen-bond donors (Lipinski definition) is 0. The van der Waals surface area contributed by atoms with E-state index in [1.54, 1.807) is 0 Å². The number of carbonyl (C=O) groups is 1. The molecule has 1 saturated heterocycles. The van der Waals surface area contributed by atoms with Crippen LogP contribution in [0, 0.1) is 6.92 Å². The normalized spacial score (nSPS) is 14.6. The van der Waals surface area contributed by atoms with Gasteiger partial charge in [0.2, 0.25) is 5.91 Å². The van der Waals surface area contributed by atoms with Gasteiger partial charge in [0.1, 0.15) is 11.5 Å². The molecule has 1 aliphatic rings. The summed E-state index contributed by atoms with van der Waals surface area (Å²) in [6.45, 7) is 16.1. The first-order chi connectivity index (χ1) is 18.8. The Morgan fingerprint density at radius 1 is 0.872 bits per heavy atom. The summed E-state index contributed by atoms with van der Waals surface area (Å²) in [5.41, 5.74) is 3.90. The highest BCUT2D eigenvalue weighted by molar-refractivity contribution is 5.78. The molecule has 39 heavy (non-hydrogen) atoms. The number of aryl methyl sites for hydroxylation is 1. The van der Waals surface area contributed by atoms with Crippen LogP contribution in [0.3, 0.4) is 0 Å². The van der Waals surface area contributed by atoms with Crippen molar-refractivity contribution in [2.24, 2.45) is 0 Å². The Balaban J connectivity index is 1.46. The Morgan fingerprint density at radius 3 is 2.23 bits per heavy atom. The molecule has 0 N–H and O–H groups in total. The van der Waals surface area contributed by atoms with Crippen LogP contribution >= 0.6 is 0 Å². The van der Waals surface area contributed by atoms with Crippen LogP contribution in [0.15, 0.2) is 71.1 Å². The molecule has 0 bridgehead atoms. The summed E-state index contributed by atoms with van der Waals surface area (Å²) in [6, 6.07) is 23.2. The molecule has 0 atom stereocenters. The van der Waals surface area contributed by atoms with Crippen LogP contribution in [0.2, 0.25) is 0 Å². The lowest BCUT2D eigenvalue weighted by molar-refractivity contribution is -0.133. The van der Waals surface area contributed by atoms with Gasteiger partial charge in [0.25, 0.3) is 0 Å². The summed E-state index contributed by atoms with van der Waals surface area (Å²) >= 11 is 0. The number of carbonyl (C=O) groups excluding carboxylic acids is 1. The average molecular weight is 532 g/mol. The zero-order valence-corrected chi connectivity index (χ0v) is 24.2. The van der Waals surface area contributed by atoms with Crippen molar-refractivity contribution in [3.63, 3.8) is 0 Å². The van der Waals surface area contributed by atoms with Gasteiger partial charge < -0.3 is 14.1 Å². The fourth-order valence-corrected chi connectivity index (χ4v) is 4.94. The van der Waals surface area contributed by atoms with Crippen molar-refractivity contribution in [1.29, 1.82) is 0 Å². The third-order valence-electron chi connectivity index (χ3n) is 7.43. The van der Waals surface area contributed by atoms with E-state index in [2.05, 4.69) is 79.1 Å². The van der Waals surface area contributed by atoms with Gasteiger partial charge in [-0.15, -0.1) is 0 Å². The predicted octanol–water partition coefficient (Wildman–Crippen LogP) is 5.29. The first-order valence-electron chi connectivity index (χ1n) is 14.3. The summed E-state index contributed by atoms with van der Waals surface area (Å²) in [6.07, 6.45) is 0.814. The van der Waals surface area contributed by atoms with E-state index in [-0.39, 0.29) is 11.3 Å². The van der Waals surface area contributed by atoms with E-state index < -0.39 is 0 Å². The smallest absolute Gasteiger partial charge is 0.237 e. The topological polar surface area (TPSA) is 49.2 Å². The minimum absolute atomic E-state index is 0.119. The zero-order valence-electron chi connectivity index (χ0n) is 24.2. The molecule has 6 heteroatoms. The lowest BCUT2D eigenvalue weighted by Gasteiger charge is -2.31. The molecule has 2 aromatic carbocycles. The number of amides is 1. The standard InChI is InChI=1S/C33H45N3O3/c1-27-10-15-31(39-27)25-36(17-16-28-8-6-5-7-9-28)32(37)26-35(19-18-34-20-22-38-23-21-34)24-29-11-13-30(14-12-29)33(2,3)4/h5-15H,16-26H2,1-4H3. The van der Waals surface area contributed by atoms with Crippen molar-refractivity contribution in [3.05, 3.63) is 94.9 Å². The van der Waals surface area contributed by atoms with Crippen LogP contribution in [-0.2, 0) is 34.5 Å². The van der Waals surface area contributed by atoms with Gasteiger partial charge in [0, 0.05) is 39.3 Å². The molecule has 2 heterocycles. The second-order valence-corrected chi connectivity index (χ2v) is 11.7. The Kier molecular flexibility index (Phi) is 10.4. The van der Waals surface area contributed by atoms with E-state index in [0.29, 0.717) is 19.6 Å². The highest BCUT2D eigenvalue weighted by Gasteiger charge is 2.21. The maximum Gasteiger partial charge on any atom is 0.237 e. The zero-order chi connectivity index (χ0) is 27.7. The molecule has 0 radical (unpaired) electrons. The number of benzene rings is 2. The molecule has 1 aliphatic heterocycles. The summed E-state index contributed by atoms with van der Waals surface area (Å²) in [5, 5.41) is 0. The molecule has 0 unspecified atom stereocenters. The molecule has 0 aliphatic carbocycles. The average Bonchev–Trinajstić information content (AvgIpc) is 3.35. The second kappa shape index (κ2) is 13.9. The minimum Gasteiger partial charge on any atom is -0.464 e. The van der Waals surface area contributed by atoms with Crippen LogP contribution in [0.5, 0.6) is 0 Å². The molecule has 3 aromatic rings. The Bertz CT molecular complexity index is 1140. The number of ether oxygens (including phenoxy) is 1. The predicted molar refractivity (Wildman–Crippen MR) is 157 cm³/mol. The highest BCUT2D eigenvalue weighted by Crippen LogP contribution is 2.22. The van der Waals surface area contributed by atoms with Gasteiger partial charge >= 0.3 is 0 Å². The van der Waals surface area contributed by atoms with Crippen LogP contribution in [-0.4, -0.2) is 73.1 Å². The van der Waals surface area contributed by atoms with E-state index >= 15 is 0 Å². The largest absolute Gasteiger partial charge is 0.464 e. The lowest BCUT2D eigenvalue weighted by Crippen LogP contribution is -2.45. The third kappa shape index (κ3) is 9.34. The van der Waals surface area contributed by atoms with Crippen LogP contribution in [0.1, 0.15) is 49.0 Å². The van der Waals surface area contributed by atoms with E-state index in [0.717, 1.165) is 63.9 Å². The number of furan rings is 1. The summed E-state index contributed by atoms with van der Waals surface area (Å²) < 4.78 is 11.4. The molecule has 1 fully saturated rings. The van der Waals surface area contributed by atoms with E-state index in [1.165, 1.54) is 16.7 Å². The van der Waals surface area contributed by atoms with Crippen LogP contribution < -0.4 is 0 Å². The van der Waals surface area contributed by atoms with Crippen molar-refractivity contribution in [3.8, 4) is 0 Å². The van der Waals surface area contributed by atoms with Crippen LogP contribution in [0.4, 0.5) is 0 Å². The number of hydrogen-bond acceptors (Lipinski definition) is 5. The molecular formula is C33H45N3O3. The van der Waals surface area contributed by atoms with Gasteiger partial charge in [0.05, 0.1) is 26.3 Å². The monoisotopic (exact) mass is 531 g/mol. The first kappa shape index (κ1) is 29.1. The SMILES string of the molecule is Cc1ccc(CN(CCc2ccccc2)C(=O)CN(CCN2CCOCC2)Cc2ccc(C(C)(C)C)cc2)o1. The molecule has 1 amide bonds. The maximum absolute atomic E-state index is 13.8. The van der Waals surface area contributed by atoms with Crippen molar-refractivity contribution < 1.29 is 13.9 Å². The molecule has 6 nitrogen and oxygen atoms in total. The van der Waals surface area contributed by atoms with Gasteiger partial charge in [-0.2, -0.15) is 0 Å². The first-order valence-corrected chi connectivity index (χ1v) is 14.3. The van der Waals surface area contributed by atoms with Crippen molar-refractivity contribution in [2.75, 3.05) is 52.5 Å². The number of morpholine rings is 1. The Labute approximate surface area is 234 Å². The van der Waals surface area contributed by atoms with Crippen molar-refractivity contribution >= 4 is 5.91 Å². The van der Waals surface area contributed by atoms with Crippen molar-refractivity contribution in [1.82, 2.24) is 14.7 Å². The molecule has 210 valence electrons. The quantitative estimate of drug-likeness (QED) is 0.318. The molecule has 0 spiro atoms. The molecule has 1 aromatic heterocycles. The van der Waals surface area contributed by atoms with Gasteiger partial charge in [-0.25, -0.2) is 0 Å². The van der Waals surface area contributed by atoms with Gasteiger partial charge in [-0.05, 0) is 47.6 Å². The molecule has 0 saturated carbocycles. The van der Waals surface area contributed by atoms with E-state index in [4.69, 9.17) is 9.15 Å². The Morgan fingerprint density at radius 2 is 1.59 bits per heavy atom.